The molecule has 0 radical (unpaired) electrons. The maximum atomic E-state index is 9.62. The number of nitrogens with one attached hydrogen (secondary N) is 2. The van der Waals surface area contributed by atoms with Gasteiger partial charge in [0.15, 0.2) is 0 Å². The van der Waals surface area contributed by atoms with Crippen molar-refractivity contribution in [1.29, 1.82) is 0 Å². The van der Waals surface area contributed by atoms with Crippen LogP contribution in [0, 0.1) is 5.92 Å². The largest absolute Gasteiger partial charge is 0.356 e. The van der Waals surface area contributed by atoms with Gasteiger partial charge in [0.05, 0.1) is 6.61 Å². The Bertz CT molecular complexity index is 312. The molecule has 0 bridgehead atoms. The van der Waals surface area contributed by atoms with Crippen LogP contribution in [-0.2, 0) is 11.3 Å². The normalized spacial score (nSPS) is 21.6. The average molecular weight is 236 g/mol. The van der Waals surface area contributed by atoms with Crippen LogP contribution >= 0.6 is 0 Å². The molecule has 0 aromatic heterocycles. The molecule has 1 aliphatic rings. The third kappa shape index (κ3) is 4.44. The summed E-state index contributed by atoms with van der Waals surface area (Å²) in [6, 6.07) is 9.85. The monoisotopic (exact) mass is 236 g/mol. The van der Waals surface area contributed by atoms with Gasteiger partial charge in [0.25, 0.3) is 0 Å². The fourth-order valence-corrected chi connectivity index (χ4v) is 1.96. The molecular formula is C13H20N2O2. The van der Waals surface area contributed by atoms with E-state index in [4.69, 9.17) is 4.74 Å². The van der Waals surface area contributed by atoms with Gasteiger partial charge in [0.2, 0.25) is 6.41 Å². The molecule has 1 aromatic rings. The van der Waals surface area contributed by atoms with Crippen molar-refractivity contribution in [3.05, 3.63) is 35.9 Å². The molecule has 1 heterocycles. The van der Waals surface area contributed by atoms with E-state index in [0.717, 1.165) is 25.2 Å². The lowest BCUT2D eigenvalue weighted by atomic mass is 10.1. The number of aliphatic hydroxyl groups is 1. The topological polar surface area (TPSA) is 53.5 Å². The highest BCUT2D eigenvalue weighted by molar-refractivity contribution is 5.13. The molecule has 2 atom stereocenters. The molecule has 0 saturated carbocycles. The molecule has 17 heavy (non-hydrogen) atoms. The SMILES string of the molecule is OC(NCC1CCNC1)OCc1ccccc1. The van der Waals surface area contributed by atoms with E-state index in [0.29, 0.717) is 12.5 Å². The Labute approximate surface area is 102 Å². The molecule has 1 aliphatic heterocycles. The van der Waals surface area contributed by atoms with Crippen molar-refractivity contribution in [2.45, 2.75) is 19.4 Å². The first-order valence-electron chi connectivity index (χ1n) is 6.12. The van der Waals surface area contributed by atoms with E-state index in [1.807, 2.05) is 30.3 Å². The van der Waals surface area contributed by atoms with Crippen molar-refractivity contribution in [1.82, 2.24) is 10.6 Å². The first-order chi connectivity index (χ1) is 8.34. The number of rotatable bonds is 6. The van der Waals surface area contributed by atoms with E-state index in [-0.39, 0.29) is 0 Å². The summed E-state index contributed by atoms with van der Waals surface area (Å²) in [5, 5.41) is 15.9. The number of ether oxygens (including phenoxy) is 1. The van der Waals surface area contributed by atoms with Crippen molar-refractivity contribution in [3.8, 4) is 0 Å². The summed E-state index contributed by atoms with van der Waals surface area (Å²) in [5.74, 6) is 0.602. The zero-order chi connectivity index (χ0) is 11.9. The molecule has 0 aliphatic carbocycles. The fraction of sp³-hybridized carbons (Fsp3) is 0.538. The molecule has 1 saturated heterocycles. The molecule has 1 fully saturated rings. The summed E-state index contributed by atoms with van der Waals surface area (Å²) < 4.78 is 5.31. The second-order valence-corrected chi connectivity index (χ2v) is 4.42. The smallest absolute Gasteiger partial charge is 0.213 e. The summed E-state index contributed by atoms with van der Waals surface area (Å²) in [6.45, 7) is 3.33. The van der Waals surface area contributed by atoms with Gasteiger partial charge in [-0.15, -0.1) is 0 Å². The van der Waals surface area contributed by atoms with Crippen LogP contribution < -0.4 is 10.6 Å². The van der Waals surface area contributed by atoms with Crippen LogP contribution in [0.25, 0.3) is 0 Å². The van der Waals surface area contributed by atoms with Crippen LogP contribution in [0.2, 0.25) is 0 Å². The summed E-state index contributed by atoms with van der Waals surface area (Å²) in [5.41, 5.74) is 1.07. The van der Waals surface area contributed by atoms with Crippen LogP contribution in [0.3, 0.4) is 0 Å². The van der Waals surface area contributed by atoms with E-state index in [1.54, 1.807) is 0 Å². The zero-order valence-electron chi connectivity index (χ0n) is 9.93. The van der Waals surface area contributed by atoms with E-state index in [9.17, 15) is 5.11 Å². The third-order valence-corrected chi connectivity index (χ3v) is 2.99. The molecule has 3 N–H and O–H groups in total. The minimum absolute atomic E-state index is 0.428. The third-order valence-electron chi connectivity index (χ3n) is 2.99. The standard InChI is InChI=1S/C13H20N2O2/c16-13(15-9-12-6-7-14-8-12)17-10-11-4-2-1-3-5-11/h1-5,12-16H,6-10H2. The average Bonchev–Trinajstić information content (AvgIpc) is 2.88. The van der Waals surface area contributed by atoms with Crippen molar-refractivity contribution in [3.63, 3.8) is 0 Å². The van der Waals surface area contributed by atoms with Gasteiger partial charge in [-0.1, -0.05) is 30.3 Å². The number of hydrogen-bond donors (Lipinski definition) is 3. The van der Waals surface area contributed by atoms with Gasteiger partial charge in [0.1, 0.15) is 0 Å². The summed E-state index contributed by atoms with van der Waals surface area (Å²) in [4.78, 5) is 0. The molecule has 4 heteroatoms. The Morgan fingerprint density at radius 2 is 2.24 bits per heavy atom. The summed E-state index contributed by atoms with van der Waals surface area (Å²) in [6.07, 6.45) is 0.286. The van der Waals surface area contributed by atoms with Crippen LogP contribution in [0.5, 0.6) is 0 Å². The Hall–Kier alpha value is -0.940. The quantitative estimate of drug-likeness (QED) is 0.636. The van der Waals surface area contributed by atoms with Gasteiger partial charge in [-0.25, -0.2) is 0 Å². The van der Waals surface area contributed by atoms with Gasteiger partial charge in [-0.05, 0) is 31.0 Å². The van der Waals surface area contributed by atoms with Crippen molar-refractivity contribution in [2.75, 3.05) is 19.6 Å². The van der Waals surface area contributed by atoms with Gasteiger partial charge in [-0.3, -0.25) is 5.32 Å². The van der Waals surface area contributed by atoms with Gasteiger partial charge < -0.3 is 15.2 Å². The van der Waals surface area contributed by atoms with E-state index >= 15 is 0 Å². The second kappa shape index (κ2) is 6.71. The van der Waals surface area contributed by atoms with Crippen molar-refractivity contribution in [2.24, 2.45) is 5.92 Å². The lowest BCUT2D eigenvalue weighted by molar-refractivity contribution is -0.129. The van der Waals surface area contributed by atoms with Crippen LogP contribution in [-0.4, -0.2) is 31.2 Å². The Morgan fingerprint density at radius 3 is 2.94 bits per heavy atom. The van der Waals surface area contributed by atoms with Crippen molar-refractivity contribution < 1.29 is 9.84 Å². The minimum atomic E-state index is -0.879. The molecule has 2 unspecified atom stereocenters. The van der Waals surface area contributed by atoms with Gasteiger partial charge in [0, 0.05) is 6.54 Å². The Balaban J connectivity index is 1.62. The van der Waals surface area contributed by atoms with Gasteiger partial charge in [-0.2, -0.15) is 0 Å². The highest BCUT2D eigenvalue weighted by Crippen LogP contribution is 2.06. The second-order valence-electron chi connectivity index (χ2n) is 4.42. The first-order valence-corrected chi connectivity index (χ1v) is 6.12. The maximum absolute atomic E-state index is 9.62. The zero-order valence-corrected chi connectivity index (χ0v) is 9.93. The predicted molar refractivity (Wildman–Crippen MR) is 66.2 cm³/mol. The highest BCUT2D eigenvalue weighted by Gasteiger charge is 2.15. The fourth-order valence-electron chi connectivity index (χ4n) is 1.96. The first kappa shape index (κ1) is 12.5. The Kier molecular flexibility index (Phi) is 4.94. The van der Waals surface area contributed by atoms with Crippen LogP contribution in [0.1, 0.15) is 12.0 Å². The molecule has 0 amide bonds. The molecular weight excluding hydrogens is 216 g/mol. The van der Waals surface area contributed by atoms with Crippen LogP contribution in [0.4, 0.5) is 0 Å². The number of aliphatic hydroxyl groups excluding tert-OH is 1. The summed E-state index contributed by atoms with van der Waals surface area (Å²) >= 11 is 0. The van der Waals surface area contributed by atoms with Gasteiger partial charge >= 0.3 is 0 Å². The molecule has 2 rings (SSSR count). The molecule has 0 spiro atoms. The van der Waals surface area contributed by atoms with E-state index in [1.165, 1.54) is 6.42 Å². The van der Waals surface area contributed by atoms with Crippen molar-refractivity contribution >= 4 is 0 Å². The minimum Gasteiger partial charge on any atom is -0.356 e. The molecule has 94 valence electrons. The van der Waals surface area contributed by atoms with E-state index in [2.05, 4.69) is 10.6 Å². The predicted octanol–water partition coefficient (Wildman–Crippen LogP) is 0.678. The summed E-state index contributed by atoms with van der Waals surface area (Å²) in [7, 11) is 0. The highest BCUT2D eigenvalue weighted by atomic mass is 16.6. The lowest BCUT2D eigenvalue weighted by Crippen LogP contribution is -2.35. The number of hydrogen-bond acceptors (Lipinski definition) is 4. The molecule has 4 nitrogen and oxygen atoms in total. The lowest BCUT2D eigenvalue weighted by Gasteiger charge is -2.16. The number of benzene rings is 1. The van der Waals surface area contributed by atoms with Crippen LogP contribution in [0.15, 0.2) is 30.3 Å². The Morgan fingerprint density at radius 1 is 1.41 bits per heavy atom. The molecule has 1 aromatic carbocycles. The maximum Gasteiger partial charge on any atom is 0.213 e. The van der Waals surface area contributed by atoms with E-state index < -0.39 is 6.41 Å².